The number of thioether (sulfide) groups is 1. The monoisotopic (exact) mass is 706 g/mol. The number of aromatic amines is 1. The van der Waals surface area contributed by atoms with Gasteiger partial charge in [0.15, 0.2) is 23.6 Å². The highest BCUT2D eigenvalue weighted by atomic mass is 32.2. The Bertz CT molecular complexity index is 2180. The van der Waals surface area contributed by atoms with Crippen molar-refractivity contribution in [2.24, 2.45) is 5.16 Å². The largest absolute Gasteiger partial charge is 0.543 e. The molecule has 1 unspecified atom stereocenters. The van der Waals surface area contributed by atoms with Crippen LogP contribution in [0.2, 0.25) is 0 Å². The summed E-state index contributed by atoms with van der Waals surface area (Å²) in [4.78, 5) is 76.4. The van der Waals surface area contributed by atoms with Crippen LogP contribution in [0.25, 0.3) is 10.9 Å². The van der Waals surface area contributed by atoms with Crippen LogP contribution in [0.5, 0.6) is 5.75 Å². The zero-order valence-corrected chi connectivity index (χ0v) is 26.9. The summed E-state index contributed by atoms with van der Waals surface area (Å²) in [6.07, 6.45) is -0.102. The number of amides is 2. The number of phenolic OH excluding ortho intramolecular Hbond substituents is 1. The first-order valence-corrected chi connectivity index (χ1v) is 16.2. The van der Waals surface area contributed by atoms with Crippen LogP contribution in [0.4, 0.5) is 10.8 Å². The normalized spacial score (nSPS) is 18.1. The maximum absolute atomic E-state index is 13.6. The number of carboxylic acid groups (broad SMARTS) is 2. The smallest absolute Gasteiger partial charge is 0.352 e. The Labute approximate surface area is 283 Å². The summed E-state index contributed by atoms with van der Waals surface area (Å²) in [5, 5.41) is 39.6. The Hall–Kier alpha value is -5.95. The van der Waals surface area contributed by atoms with E-state index in [1.54, 1.807) is 29.8 Å². The molecule has 4 aromatic rings. The molecule has 0 spiro atoms. The zero-order chi connectivity index (χ0) is 35.1. The number of β-lactam (4-membered cyclic amide) rings is 1. The predicted octanol–water partition coefficient (Wildman–Crippen LogP) is -0.899. The van der Waals surface area contributed by atoms with Gasteiger partial charge in [-0.05, 0) is 18.2 Å². The van der Waals surface area contributed by atoms with Gasteiger partial charge in [-0.3, -0.25) is 19.3 Å². The van der Waals surface area contributed by atoms with Crippen LogP contribution >= 0.6 is 23.1 Å². The van der Waals surface area contributed by atoms with Gasteiger partial charge in [-0.15, -0.1) is 23.1 Å². The standard InChI is InChI=1S/C30H26N8O9S2/c1-12-16(31)3-2-8-37(12)9-13-10-48-27-22(26(42)38(27)23(13)28(43)44)35-25(41)21(17-11-49-30(32)33-17)36-47-24(29(45)46)15-4-6-18(39)20-14(15)5-7-19(40)34-20/h2-8,11,22,24,27H,9-10,31H2,1H3,(H6-,32,33,34,35,36,39,40,41,43,44,45,46)/t22-,24?,27-/m1/s1. The summed E-state index contributed by atoms with van der Waals surface area (Å²) >= 11 is 2.19. The van der Waals surface area contributed by atoms with E-state index < -0.39 is 52.5 Å². The Kier molecular flexibility index (Phi) is 8.69. The number of fused-ring (bicyclic) bond motifs is 2. The van der Waals surface area contributed by atoms with E-state index in [-0.39, 0.29) is 51.0 Å². The topological polar surface area (TPSA) is 270 Å². The molecule has 2 amide bonds. The fraction of sp³-hybridized carbons (Fsp3) is 0.200. The molecule has 252 valence electrons. The molecule has 1 fully saturated rings. The van der Waals surface area contributed by atoms with E-state index in [1.165, 1.54) is 29.3 Å². The second-order valence-corrected chi connectivity index (χ2v) is 12.9. The summed E-state index contributed by atoms with van der Waals surface area (Å²) in [7, 11) is 0. The number of aliphatic carboxylic acids is 2. The van der Waals surface area contributed by atoms with Crippen molar-refractivity contribution in [3.63, 3.8) is 0 Å². The Balaban J connectivity index is 1.27. The molecule has 8 N–H and O–H groups in total. The van der Waals surface area contributed by atoms with Crippen molar-refractivity contribution >= 4 is 74.3 Å². The third-order valence-electron chi connectivity index (χ3n) is 7.92. The number of oxime groups is 1. The predicted molar refractivity (Wildman–Crippen MR) is 174 cm³/mol. The number of H-pyrrole nitrogens is 1. The van der Waals surface area contributed by atoms with Crippen molar-refractivity contribution in [2.45, 2.75) is 31.0 Å². The Morgan fingerprint density at radius 3 is 2.71 bits per heavy atom. The summed E-state index contributed by atoms with van der Waals surface area (Å²) < 4.78 is 1.75. The van der Waals surface area contributed by atoms with E-state index >= 15 is 0 Å². The molecule has 0 bridgehead atoms. The van der Waals surface area contributed by atoms with Crippen molar-refractivity contribution in [3.05, 3.63) is 86.6 Å². The van der Waals surface area contributed by atoms with E-state index in [2.05, 4.69) is 20.4 Å². The van der Waals surface area contributed by atoms with Crippen molar-refractivity contribution in [2.75, 3.05) is 17.2 Å². The number of rotatable bonds is 10. The second kappa shape index (κ2) is 12.9. The third kappa shape index (κ3) is 6.11. The number of aromatic nitrogens is 3. The summed E-state index contributed by atoms with van der Waals surface area (Å²) in [5.74, 6) is -4.90. The SMILES string of the molecule is Cc1c(N)ccc[n+]1CC1=C(C(=O)[O-])N2C(=O)[C@@H](NC(=O)/C(=N\OC(C(=O)O)c3ccc(O)c4[nH]c(=O)ccc34)c3csc(N)n3)[C@H]2SC1. The number of anilines is 2. The summed E-state index contributed by atoms with van der Waals surface area (Å²) in [5.41, 5.74) is 11.9. The summed E-state index contributed by atoms with van der Waals surface area (Å²) in [6, 6.07) is 7.09. The number of pyridine rings is 2. The van der Waals surface area contributed by atoms with Gasteiger partial charge in [-0.1, -0.05) is 11.2 Å². The van der Waals surface area contributed by atoms with Gasteiger partial charge >= 0.3 is 5.97 Å². The number of benzene rings is 1. The number of aromatic hydroxyl groups is 1. The molecule has 2 aliphatic rings. The number of hydrogen-bond acceptors (Lipinski definition) is 14. The fourth-order valence-corrected chi connectivity index (χ4v) is 7.34. The van der Waals surface area contributed by atoms with Crippen molar-refractivity contribution in [3.8, 4) is 5.75 Å². The average molecular weight is 707 g/mol. The van der Waals surface area contributed by atoms with E-state index in [0.717, 1.165) is 28.4 Å². The number of hydrogen-bond donors (Lipinski definition) is 6. The molecule has 5 heterocycles. The van der Waals surface area contributed by atoms with Gasteiger partial charge in [0, 0.05) is 46.7 Å². The van der Waals surface area contributed by atoms with Crippen LogP contribution in [0, 0.1) is 6.92 Å². The fourth-order valence-electron chi connectivity index (χ4n) is 5.46. The van der Waals surface area contributed by atoms with Crippen molar-refractivity contribution in [1.82, 2.24) is 20.2 Å². The van der Waals surface area contributed by atoms with Crippen LogP contribution in [-0.4, -0.2) is 71.7 Å². The number of nitrogens with one attached hydrogen (secondary N) is 2. The number of carbonyl (C=O) groups excluding carboxylic acids is 3. The quantitative estimate of drug-likeness (QED) is 0.0506. The van der Waals surface area contributed by atoms with E-state index in [9.17, 15) is 39.3 Å². The zero-order valence-electron chi connectivity index (χ0n) is 25.3. The number of carboxylic acids is 2. The Morgan fingerprint density at radius 2 is 2.02 bits per heavy atom. The number of nitrogens with two attached hydrogens (primary N) is 2. The van der Waals surface area contributed by atoms with Gasteiger partial charge < -0.3 is 46.7 Å². The molecule has 0 radical (unpaired) electrons. The van der Waals surface area contributed by atoms with E-state index in [0.29, 0.717) is 17.0 Å². The minimum absolute atomic E-state index is 0.00906. The maximum Gasteiger partial charge on any atom is 0.352 e. The average Bonchev–Trinajstić information content (AvgIpc) is 3.49. The summed E-state index contributed by atoms with van der Waals surface area (Å²) in [6.45, 7) is 1.91. The first kappa shape index (κ1) is 33.0. The molecular formula is C30H26N8O9S2. The number of phenols is 1. The van der Waals surface area contributed by atoms with Crippen LogP contribution < -0.4 is 32.0 Å². The molecule has 6 rings (SSSR count). The van der Waals surface area contributed by atoms with E-state index in [4.69, 9.17) is 16.3 Å². The minimum atomic E-state index is -1.84. The number of thiazole rings is 1. The van der Waals surface area contributed by atoms with Gasteiger partial charge in [0.05, 0.1) is 22.9 Å². The lowest BCUT2D eigenvalue weighted by Gasteiger charge is -2.50. The molecule has 49 heavy (non-hydrogen) atoms. The van der Waals surface area contributed by atoms with Crippen LogP contribution in [0.15, 0.2) is 69.2 Å². The minimum Gasteiger partial charge on any atom is -0.543 e. The number of carbonyl (C=O) groups is 4. The van der Waals surface area contributed by atoms with Gasteiger partial charge in [0.2, 0.25) is 17.4 Å². The lowest BCUT2D eigenvalue weighted by molar-refractivity contribution is -0.694. The van der Waals surface area contributed by atoms with Gasteiger partial charge in [-0.2, -0.15) is 4.57 Å². The molecule has 0 aliphatic carbocycles. The number of nitrogens with zero attached hydrogens (tertiary/aromatic N) is 4. The molecule has 2 aliphatic heterocycles. The molecule has 3 aromatic heterocycles. The number of nitrogen functional groups attached to an aromatic ring is 2. The molecule has 1 saturated heterocycles. The molecule has 3 atom stereocenters. The molecule has 17 nitrogen and oxygen atoms in total. The van der Waals surface area contributed by atoms with Gasteiger partial charge in [0.25, 0.3) is 11.8 Å². The Morgan fingerprint density at radius 1 is 1.24 bits per heavy atom. The highest BCUT2D eigenvalue weighted by Crippen LogP contribution is 2.40. The molecular weight excluding hydrogens is 681 g/mol. The van der Waals surface area contributed by atoms with Crippen molar-refractivity contribution < 1.29 is 43.9 Å². The first-order valence-electron chi connectivity index (χ1n) is 14.3. The van der Waals surface area contributed by atoms with Crippen LogP contribution in [0.3, 0.4) is 0 Å². The first-order chi connectivity index (χ1) is 23.3. The van der Waals surface area contributed by atoms with Crippen LogP contribution in [-0.2, 0) is 30.6 Å². The molecule has 0 saturated carbocycles. The van der Waals surface area contributed by atoms with Crippen molar-refractivity contribution in [1.29, 1.82) is 0 Å². The lowest BCUT2D eigenvalue weighted by atomic mass is 10.0. The maximum atomic E-state index is 13.6. The molecule has 19 heteroatoms. The van der Waals surface area contributed by atoms with Crippen LogP contribution in [0.1, 0.15) is 23.1 Å². The van der Waals surface area contributed by atoms with Gasteiger partial charge in [0.1, 0.15) is 22.9 Å². The second-order valence-electron chi connectivity index (χ2n) is 10.9. The lowest BCUT2D eigenvalue weighted by Crippen LogP contribution is -2.71. The third-order valence-corrected chi connectivity index (χ3v) is 9.93. The highest BCUT2D eigenvalue weighted by molar-refractivity contribution is 8.00. The van der Waals surface area contributed by atoms with E-state index in [1.807, 2.05) is 0 Å². The molecule has 1 aromatic carbocycles. The van der Waals surface area contributed by atoms with Gasteiger partial charge in [-0.25, -0.2) is 9.78 Å². The highest BCUT2D eigenvalue weighted by Gasteiger charge is 2.53.